The number of nitrogens with zero attached hydrogens (tertiary/aromatic N) is 3. The van der Waals surface area contributed by atoms with Crippen LogP contribution in [0, 0.1) is 13.8 Å². The van der Waals surface area contributed by atoms with Crippen LogP contribution in [0.15, 0.2) is 6.07 Å². The second kappa shape index (κ2) is 4.60. The van der Waals surface area contributed by atoms with Crippen molar-refractivity contribution in [3.8, 4) is 0 Å². The highest BCUT2D eigenvalue weighted by molar-refractivity contribution is 5.32. The summed E-state index contributed by atoms with van der Waals surface area (Å²) in [6, 6.07) is 2.03. The minimum atomic E-state index is 0.925. The van der Waals surface area contributed by atoms with E-state index < -0.39 is 0 Å². The summed E-state index contributed by atoms with van der Waals surface area (Å²) in [5, 5.41) is 0. The van der Waals surface area contributed by atoms with Crippen molar-refractivity contribution in [2.75, 3.05) is 18.0 Å². The smallest absolute Gasteiger partial charge is 0.225 e. The fraction of sp³-hybridized carbons (Fsp3) is 0.667. The summed E-state index contributed by atoms with van der Waals surface area (Å²) in [6.45, 7) is 6.30. The first-order valence-corrected chi connectivity index (χ1v) is 5.83. The number of aromatic nitrogens is 2. The van der Waals surface area contributed by atoms with Crippen LogP contribution in [0.4, 0.5) is 5.95 Å². The molecule has 0 spiro atoms. The monoisotopic (exact) mass is 205 g/mol. The van der Waals surface area contributed by atoms with Gasteiger partial charge in [0, 0.05) is 24.5 Å². The van der Waals surface area contributed by atoms with Crippen LogP contribution in [-0.2, 0) is 0 Å². The van der Waals surface area contributed by atoms with Gasteiger partial charge >= 0.3 is 0 Å². The van der Waals surface area contributed by atoms with Crippen molar-refractivity contribution in [2.24, 2.45) is 0 Å². The molecule has 0 bridgehead atoms. The lowest BCUT2D eigenvalue weighted by atomic mass is 10.2. The van der Waals surface area contributed by atoms with Crippen molar-refractivity contribution in [3.63, 3.8) is 0 Å². The molecule has 3 nitrogen and oxygen atoms in total. The zero-order chi connectivity index (χ0) is 10.7. The van der Waals surface area contributed by atoms with Crippen LogP contribution in [0.1, 0.15) is 37.1 Å². The van der Waals surface area contributed by atoms with Gasteiger partial charge in [-0.25, -0.2) is 9.97 Å². The molecule has 1 aromatic heterocycles. The van der Waals surface area contributed by atoms with E-state index in [1.807, 2.05) is 19.9 Å². The van der Waals surface area contributed by atoms with Crippen molar-refractivity contribution < 1.29 is 0 Å². The van der Waals surface area contributed by atoms with Gasteiger partial charge in [0.2, 0.25) is 5.95 Å². The van der Waals surface area contributed by atoms with E-state index in [-0.39, 0.29) is 0 Å². The molecule has 0 aromatic carbocycles. The summed E-state index contributed by atoms with van der Waals surface area (Å²) in [5.74, 6) is 0.925. The highest BCUT2D eigenvalue weighted by Gasteiger charge is 2.12. The number of hydrogen-bond acceptors (Lipinski definition) is 3. The van der Waals surface area contributed by atoms with Gasteiger partial charge in [-0.15, -0.1) is 0 Å². The maximum Gasteiger partial charge on any atom is 0.225 e. The van der Waals surface area contributed by atoms with E-state index in [2.05, 4.69) is 14.9 Å². The Morgan fingerprint density at radius 3 is 2.00 bits per heavy atom. The molecule has 0 N–H and O–H groups in total. The van der Waals surface area contributed by atoms with Gasteiger partial charge in [-0.1, -0.05) is 12.8 Å². The van der Waals surface area contributed by atoms with Crippen molar-refractivity contribution in [2.45, 2.75) is 39.5 Å². The van der Waals surface area contributed by atoms with Gasteiger partial charge in [0.25, 0.3) is 0 Å². The predicted octanol–water partition coefficient (Wildman–Crippen LogP) is 2.47. The molecule has 0 amide bonds. The van der Waals surface area contributed by atoms with E-state index >= 15 is 0 Å². The van der Waals surface area contributed by atoms with Gasteiger partial charge < -0.3 is 4.90 Å². The minimum absolute atomic E-state index is 0.925. The maximum atomic E-state index is 4.51. The van der Waals surface area contributed by atoms with Crippen LogP contribution in [0.25, 0.3) is 0 Å². The van der Waals surface area contributed by atoms with E-state index in [1.165, 1.54) is 25.7 Å². The Bertz CT molecular complexity index is 307. The van der Waals surface area contributed by atoms with Crippen LogP contribution >= 0.6 is 0 Å². The van der Waals surface area contributed by atoms with Crippen LogP contribution in [-0.4, -0.2) is 23.1 Å². The molecular weight excluding hydrogens is 186 g/mol. The highest BCUT2D eigenvalue weighted by Crippen LogP contribution is 2.16. The quantitative estimate of drug-likeness (QED) is 0.705. The largest absolute Gasteiger partial charge is 0.341 e. The van der Waals surface area contributed by atoms with Gasteiger partial charge in [-0.2, -0.15) is 0 Å². The third-order valence-corrected chi connectivity index (χ3v) is 2.86. The minimum Gasteiger partial charge on any atom is -0.341 e. The molecular formula is C12H19N3. The highest BCUT2D eigenvalue weighted by atomic mass is 15.2. The average Bonchev–Trinajstić information content (AvgIpc) is 2.43. The summed E-state index contributed by atoms with van der Waals surface area (Å²) in [7, 11) is 0. The summed E-state index contributed by atoms with van der Waals surface area (Å²) in [4.78, 5) is 11.4. The first-order chi connectivity index (χ1) is 7.25. The lowest BCUT2D eigenvalue weighted by molar-refractivity contribution is 0.726. The molecule has 0 unspecified atom stereocenters. The van der Waals surface area contributed by atoms with Gasteiger partial charge in [-0.3, -0.25) is 0 Å². The predicted molar refractivity (Wildman–Crippen MR) is 62.2 cm³/mol. The molecule has 0 atom stereocenters. The summed E-state index contributed by atoms with van der Waals surface area (Å²) >= 11 is 0. The zero-order valence-corrected chi connectivity index (χ0v) is 9.66. The van der Waals surface area contributed by atoms with Crippen molar-refractivity contribution >= 4 is 5.95 Å². The summed E-state index contributed by atoms with van der Waals surface area (Å²) < 4.78 is 0. The van der Waals surface area contributed by atoms with Gasteiger partial charge in [-0.05, 0) is 32.8 Å². The fourth-order valence-corrected chi connectivity index (χ4v) is 2.12. The van der Waals surface area contributed by atoms with E-state index in [0.29, 0.717) is 0 Å². The zero-order valence-electron chi connectivity index (χ0n) is 9.66. The van der Waals surface area contributed by atoms with Crippen LogP contribution < -0.4 is 4.90 Å². The Morgan fingerprint density at radius 2 is 1.47 bits per heavy atom. The van der Waals surface area contributed by atoms with Crippen LogP contribution in [0.5, 0.6) is 0 Å². The maximum absolute atomic E-state index is 4.51. The molecule has 2 rings (SSSR count). The van der Waals surface area contributed by atoms with E-state index in [1.54, 1.807) is 0 Å². The first-order valence-electron chi connectivity index (χ1n) is 5.83. The van der Waals surface area contributed by atoms with Crippen molar-refractivity contribution in [3.05, 3.63) is 17.5 Å². The second-order valence-corrected chi connectivity index (χ2v) is 4.35. The molecule has 15 heavy (non-hydrogen) atoms. The Balaban J connectivity index is 2.19. The third-order valence-electron chi connectivity index (χ3n) is 2.86. The lowest BCUT2D eigenvalue weighted by Crippen LogP contribution is -2.26. The number of rotatable bonds is 1. The van der Waals surface area contributed by atoms with Gasteiger partial charge in [0.1, 0.15) is 0 Å². The van der Waals surface area contributed by atoms with Gasteiger partial charge in [0.15, 0.2) is 0 Å². The van der Waals surface area contributed by atoms with Crippen molar-refractivity contribution in [1.29, 1.82) is 0 Å². The number of hydrogen-bond donors (Lipinski definition) is 0. The van der Waals surface area contributed by atoms with Gasteiger partial charge in [0.05, 0.1) is 0 Å². The molecule has 82 valence electrons. The molecule has 2 heterocycles. The Hall–Kier alpha value is -1.12. The number of aryl methyl sites for hydroxylation is 2. The Morgan fingerprint density at radius 1 is 0.933 bits per heavy atom. The topological polar surface area (TPSA) is 29.0 Å². The molecule has 1 fully saturated rings. The molecule has 1 aliphatic heterocycles. The average molecular weight is 205 g/mol. The number of anilines is 1. The molecule has 0 radical (unpaired) electrons. The van der Waals surface area contributed by atoms with E-state index in [0.717, 1.165) is 30.4 Å². The fourth-order valence-electron chi connectivity index (χ4n) is 2.12. The Labute approximate surface area is 91.5 Å². The van der Waals surface area contributed by atoms with E-state index in [9.17, 15) is 0 Å². The molecule has 3 heteroatoms. The first kappa shape index (κ1) is 10.4. The lowest BCUT2D eigenvalue weighted by Gasteiger charge is -2.20. The van der Waals surface area contributed by atoms with Crippen LogP contribution in [0.2, 0.25) is 0 Å². The molecule has 1 aliphatic rings. The van der Waals surface area contributed by atoms with E-state index in [4.69, 9.17) is 0 Å². The normalized spacial score (nSPS) is 17.6. The Kier molecular flexibility index (Phi) is 3.19. The summed E-state index contributed by atoms with van der Waals surface area (Å²) in [5.41, 5.74) is 2.14. The standard InChI is InChI=1S/C12H19N3/c1-10-9-11(2)14-12(13-10)15-7-5-3-4-6-8-15/h9H,3-8H2,1-2H3. The second-order valence-electron chi connectivity index (χ2n) is 4.35. The molecule has 0 saturated carbocycles. The molecule has 0 aliphatic carbocycles. The summed E-state index contributed by atoms with van der Waals surface area (Å²) in [6.07, 6.45) is 5.25. The van der Waals surface area contributed by atoms with Crippen LogP contribution in [0.3, 0.4) is 0 Å². The molecule has 1 aromatic rings. The van der Waals surface area contributed by atoms with Crippen molar-refractivity contribution in [1.82, 2.24) is 9.97 Å². The SMILES string of the molecule is Cc1cc(C)nc(N2CCCCCC2)n1. The molecule has 1 saturated heterocycles. The third kappa shape index (κ3) is 2.67.